The molecule has 0 aliphatic carbocycles. The molecule has 0 radical (unpaired) electrons. The summed E-state index contributed by atoms with van der Waals surface area (Å²) in [5.74, 6) is 0.653. The van der Waals surface area contributed by atoms with Gasteiger partial charge in [-0.05, 0) is 55.9 Å². The lowest BCUT2D eigenvalue weighted by Gasteiger charge is -2.20. The van der Waals surface area contributed by atoms with Gasteiger partial charge >= 0.3 is 0 Å². The normalized spacial score (nSPS) is 11.8. The van der Waals surface area contributed by atoms with Gasteiger partial charge in [0.1, 0.15) is 5.75 Å². The third kappa shape index (κ3) is 4.29. The molecule has 122 valence electrons. The maximum absolute atomic E-state index is 12.6. The zero-order chi connectivity index (χ0) is 16.8. The van der Waals surface area contributed by atoms with E-state index < -0.39 is 6.10 Å². The van der Waals surface area contributed by atoms with Crippen molar-refractivity contribution in [1.82, 2.24) is 0 Å². The van der Waals surface area contributed by atoms with Gasteiger partial charge in [-0.1, -0.05) is 31.2 Å². The van der Waals surface area contributed by atoms with Gasteiger partial charge in [0.2, 0.25) is 0 Å². The van der Waals surface area contributed by atoms with Gasteiger partial charge in [-0.2, -0.15) is 0 Å². The molecule has 1 atom stereocenters. The molecule has 0 aliphatic rings. The van der Waals surface area contributed by atoms with Crippen LogP contribution >= 0.6 is 11.8 Å². The molecular formula is C19H23NO2S. The Morgan fingerprint density at radius 1 is 1.17 bits per heavy atom. The van der Waals surface area contributed by atoms with Crippen LogP contribution in [-0.2, 0) is 4.79 Å². The van der Waals surface area contributed by atoms with E-state index in [2.05, 4.69) is 5.32 Å². The predicted molar refractivity (Wildman–Crippen MR) is 97.5 cm³/mol. The Kier molecular flexibility index (Phi) is 6.11. The van der Waals surface area contributed by atoms with Crippen LogP contribution in [0, 0.1) is 13.8 Å². The smallest absolute Gasteiger partial charge is 0.265 e. The fraction of sp³-hybridized carbons (Fsp3) is 0.316. The van der Waals surface area contributed by atoms with E-state index in [0.717, 1.165) is 27.5 Å². The number of anilines is 1. The van der Waals surface area contributed by atoms with Crippen molar-refractivity contribution in [2.45, 2.75) is 38.2 Å². The Morgan fingerprint density at radius 3 is 2.61 bits per heavy atom. The lowest BCUT2D eigenvalue weighted by Crippen LogP contribution is -2.32. The van der Waals surface area contributed by atoms with Gasteiger partial charge in [-0.15, -0.1) is 11.8 Å². The van der Waals surface area contributed by atoms with Crippen LogP contribution in [0.2, 0.25) is 0 Å². The quantitative estimate of drug-likeness (QED) is 0.772. The highest BCUT2D eigenvalue weighted by Crippen LogP contribution is 2.26. The Bertz CT molecular complexity index is 685. The number of rotatable bonds is 6. The van der Waals surface area contributed by atoms with E-state index in [1.54, 1.807) is 11.8 Å². The molecule has 0 saturated heterocycles. The maximum atomic E-state index is 12.6. The van der Waals surface area contributed by atoms with E-state index in [-0.39, 0.29) is 5.91 Å². The van der Waals surface area contributed by atoms with E-state index in [9.17, 15) is 4.79 Å². The third-order valence-corrected chi connectivity index (χ3v) is 4.65. The fourth-order valence-corrected chi connectivity index (χ4v) is 2.84. The van der Waals surface area contributed by atoms with Crippen molar-refractivity contribution in [3.05, 3.63) is 53.6 Å². The van der Waals surface area contributed by atoms with Crippen LogP contribution in [0.15, 0.2) is 47.4 Å². The van der Waals surface area contributed by atoms with Gasteiger partial charge in [0, 0.05) is 4.90 Å². The van der Waals surface area contributed by atoms with Crippen molar-refractivity contribution in [2.24, 2.45) is 0 Å². The summed E-state index contributed by atoms with van der Waals surface area (Å²) in [5.41, 5.74) is 3.06. The summed E-state index contributed by atoms with van der Waals surface area (Å²) >= 11 is 1.61. The van der Waals surface area contributed by atoms with Crippen LogP contribution < -0.4 is 10.1 Å². The van der Waals surface area contributed by atoms with Crippen LogP contribution in [0.1, 0.15) is 24.5 Å². The van der Waals surface area contributed by atoms with Crippen molar-refractivity contribution in [3.8, 4) is 5.75 Å². The largest absolute Gasteiger partial charge is 0.480 e. The highest BCUT2D eigenvalue weighted by Gasteiger charge is 2.20. The standard InChI is InChI=1S/C19H23NO2S/c1-5-16(22-17-11-8-9-13(2)14(17)3)19(21)20-15-10-6-7-12-18(15)23-4/h6-12,16H,5H2,1-4H3,(H,20,21)/t16-/m0/s1. The molecule has 0 spiro atoms. The van der Waals surface area contributed by atoms with Crippen molar-refractivity contribution in [3.63, 3.8) is 0 Å². The molecule has 0 fully saturated rings. The Morgan fingerprint density at radius 2 is 1.91 bits per heavy atom. The Balaban J connectivity index is 2.14. The number of hydrogen-bond acceptors (Lipinski definition) is 3. The first kappa shape index (κ1) is 17.4. The molecule has 1 amide bonds. The van der Waals surface area contributed by atoms with Crippen molar-refractivity contribution >= 4 is 23.4 Å². The monoisotopic (exact) mass is 329 g/mol. The molecule has 2 aromatic carbocycles. The number of benzene rings is 2. The van der Waals surface area contributed by atoms with Crippen molar-refractivity contribution in [1.29, 1.82) is 0 Å². The second kappa shape index (κ2) is 8.06. The van der Waals surface area contributed by atoms with Crippen LogP contribution in [-0.4, -0.2) is 18.3 Å². The lowest BCUT2D eigenvalue weighted by atomic mass is 10.1. The van der Waals surface area contributed by atoms with Crippen molar-refractivity contribution in [2.75, 3.05) is 11.6 Å². The van der Waals surface area contributed by atoms with Gasteiger partial charge in [0.15, 0.2) is 6.10 Å². The van der Waals surface area contributed by atoms with E-state index in [0.29, 0.717) is 6.42 Å². The second-order valence-electron chi connectivity index (χ2n) is 5.40. The zero-order valence-corrected chi connectivity index (χ0v) is 14.9. The minimum Gasteiger partial charge on any atom is -0.480 e. The third-order valence-electron chi connectivity index (χ3n) is 3.85. The van der Waals surface area contributed by atoms with Crippen LogP contribution in [0.5, 0.6) is 5.75 Å². The molecule has 23 heavy (non-hydrogen) atoms. The molecule has 2 aromatic rings. The molecule has 0 aromatic heterocycles. The molecule has 2 rings (SSSR count). The number of carbonyl (C=O) groups excluding carboxylic acids is 1. The van der Waals surface area contributed by atoms with Crippen molar-refractivity contribution < 1.29 is 9.53 Å². The predicted octanol–water partition coefficient (Wildman–Crippen LogP) is 4.82. The number of thioether (sulfide) groups is 1. The average molecular weight is 329 g/mol. The molecule has 1 N–H and O–H groups in total. The number of amides is 1. The van der Waals surface area contributed by atoms with Gasteiger partial charge in [0.05, 0.1) is 5.69 Å². The molecule has 0 bridgehead atoms. The summed E-state index contributed by atoms with van der Waals surface area (Å²) in [6.45, 7) is 6.01. The van der Waals surface area contributed by atoms with Crippen LogP contribution in [0.4, 0.5) is 5.69 Å². The number of nitrogens with one attached hydrogen (secondary N) is 1. The number of para-hydroxylation sites is 1. The number of aryl methyl sites for hydroxylation is 1. The number of carbonyl (C=O) groups is 1. The first-order valence-electron chi connectivity index (χ1n) is 7.73. The summed E-state index contributed by atoms with van der Waals surface area (Å²) in [5, 5.41) is 2.98. The highest BCUT2D eigenvalue weighted by atomic mass is 32.2. The summed E-state index contributed by atoms with van der Waals surface area (Å²) in [7, 11) is 0. The second-order valence-corrected chi connectivity index (χ2v) is 6.25. The molecule has 0 unspecified atom stereocenters. The SMILES string of the molecule is CC[C@H](Oc1cccc(C)c1C)C(=O)Nc1ccccc1SC. The molecule has 3 nitrogen and oxygen atoms in total. The highest BCUT2D eigenvalue weighted by molar-refractivity contribution is 7.98. The molecule has 0 saturated carbocycles. The summed E-state index contributed by atoms with van der Waals surface area (Å²) in [6, 6.07) is 13.7. The molecule has 0 aliphatic heterocycles. The number of hydrogen-bond donors (Lipinski definition) is 1. The van der Waals surface area contributed by atoms with Crippen LogP contribution in [0.3, 0.4) is 0 Å². The van der Waals surface area contributed by atoms with Gasteiger partial charge in [-0.3, -0.25) is 4.79 Å². The van der Waals surface area contributed by atoms with Gasteiger partial charge in [0.25, 0.3) is 5.91 Å². The summed E-state index contributed by atoms with van der Waals surface area (Å²) < 4.78 is 5.96. The molecule has 0 heterocycles. The zero-order valence-electron chi connectivity index (χ0n) is 14.1. The summed E-state index contributed by atoms with van der Waals surface area (Å²) in [6.07, 6.45) is 2.10. The maximum Gasteiger partial charge on any atom is 0.265 e. The summed E-state index contributed by atoms with van der Waals surface area (Å²) in [4.78, 5) is 13.6. The first-order chi connectivity index (χ1) is 11.1. The van der Waals surface area contributed by atoms with E-state index in [4.69, 9.17) is 4.74 Å². The Labute approximate surface area is 142 Å². The van der Waals surface area contributed by atoms with Gasteiger partial charge < -0.3 is 10.1 Å². The minimum absolute atomic E-state index is 0.116. The van der Waals surface area contributed by atoms with Gasteiger partial charge in [-0.25, -0.2) is 0 Å². The minimum atomic E-state index is -0.509. The van der Waals surface area contributed by atoms with E-state index in [1.807, 2.05) is 69.5 Å². The number of ether oxygens (including phenoxy) is 1. The fourth-order valence-electron chi connectivity index (χ4n) is 2.29. The first-order valence-corrected chi connectivity index (χ1v) is 8.96. The van der Waals surface area contributed by atoms with E-state index >= 15 is 0 Å². The molecular weight excluding hydrogens is 306 g/mol. The topological polar surface area (TPSA) is 38.3 Å². The van der Waals surface area contributed by atoms with Crippen LogP contribution in [0.25, 0.3) is 0 Å². The lowest BCUT2D eigenvalue weighted by molar-refractivity contribution is -0.122. The van der Waals surface area contributed by atoms with E-state index in [1.165, 1.54) is 0 Å². The Hall–Kier alpha value is -1.94. The molecule has 4 heteroatoms. The average Bonchev–Trinajstić information content (AvgIpc) is 2.56.